The lowest BCUT2D eigenvalue weighted by Crippen LogP contribution is -2.23. The van der Waals surface area contributed by atoms with Gasteiger partial charge in [-0.1, -0.05) is 17.3 Å². The number of ketones is 1. The van der Waals surface area contributed by atoms with E-state index in [9.17, 15) is 9.59 Å². The van der Waals surface area contributed by atoms with Crippen molar-refractivity contribution in [3.8, 4) is 0 Å². The highest BCUT2D eigenvalue weighted by molar-refractivity contribution is 5.98. The van der Waals surface area contributed by atoms with Crippen LogP contribution in [0, 0.1) is 13.8 Å². The van der Waals surface area contributed by atoms with Crippen molar-refractivity contribution in [2.24, 2.45) is 0 Å². The van der Waals surface area contributed by atoms with Crippen LogP contribution in [0.15, 0.2) is 22.7 Å². The van der Waals surface area contributed by atoms with Crippen molar-refractivity contribution in [3.05, 3.63) is 51.9 Å². The lowest BCUT2D eigenvalue weighted by Gasteiger charge is -2.16. The van der Waals surface area contributed by atoms with Crippen molar-refractivity contribution in [1.82, 2.24) is 10.5 Å². The number of hydrogen-bond acceptors (Lipinski definition) is 4. The summed E-state index contributed by atoms with van der Waals surface area (Å²) in [5.41, 5.74) is 5.05. The molecule has 0 spiro atoms. The average molecular weight is 340 g/mol. The van der Waals surface area contributed by atoms with Crippen molar-refractivity contribution >= 4 is 11.7 Å². The Morgan fingerprint density at radius 2 is 1.88 bits per heavy atom. The predicted octanol–water partition coefficient (Wildman–Crippen LogP) is 3.45. The average Bonchev–Trinajstić information content (AvgIpc) is 2.95. The molecule has 1 aromatic heterocycles. The van der Waals surface area contributed by atoms with Crippen LogP contribution in [-0.2, 0) is 24.2 Å². The number of fused-ring (bicyclic) bond motifs is 1. The number of rotatable bonds is 6. The molecule has 0 bridgehead atoms. The van der Waals surface area contributed by atoms with Gasteiger partial charge in [0.25, 0.3) is 0 Å². The first-order valence-corrected chi connectivity index (χ1v) is 8.88. The van der Waals surface area contributed by atoms with E-state index in [1.54, 1.807) is 0 Å². The third-order valence-electron chi connectivity index (χ3n) is 4.89. The Balaban J connectivity index is 1.51. The van der Waals surface area contributed by atoms with E-state index >= 15 is 0 Å². The summed E-state index contributed by atoms with van der Waals surface area (Å²) in [6.07, 6.45) is 4.99. The summed E-state index contributed by atoms with van der Waals surface area (Å²) in [4.78, 5) is 24.4. The van der Waals surface area contributed by atoms with Crippen LogP contribution in [0.3, 0.4) is 0 Å². The van der Waals surface area contributed by atoms with Crippen LogP contribution in [0.4, 0.5) is 0 Å². The molecule has 1 aromatic carbocycles. The van der Waals surface area contributed by atoms with Gasteiger partial charge < -0.3 is 9.84 Å². The first-order valence-electron chi connectivity index (χ1n) is 8.88. The number of aryl methyl sites for hydroxylation is 4. The molecule has 1 aliphatic carbocycles. The number of benzene rings is 1. The van der Waals surface area contributed by atoms with E-state index in [0.29, 0.717) is 12.3 Å². The van der Waals surface area contributed by atoms with Crippen LogP contribution in [0.1, 0.15) is 64.2 Å². The van der Waals surface area contributed by atoms with Gasteiger partial charge in [0, 0.05) is 30.5 Å². The highest BCUT2D eigenvalue weighted by Gasteiger charge is 2.15. The third-order valence-corrected chi connectivity index (χ3v) is 4.89. The first kappa shape index (κ1) is 17.4. The summed E-state index contributed by atoms with van der Waals surface area (Å²) in [5.74, 6) is 0.607. The highest BCUT2D eigenvalue weighted by atomic mass is 16.5. The van der Waals surface area contributed by atoms with Crippen LogP contribution in [0.25, 0.3) is 0 Å². The standard InChI is InChI=1S/C20H24N2O3/c1-13-18(14(2)25-22-13)12-21-20(24)10-9-19(23)17-8-7-15-5-3-4-6-16(15)11-17/h7-8,11H,3-6,9-10,12H2,1-2H3,(H,21,24). The number of hydrogen-bond donors (Lipinski definition) is 1. The van der Waals surface area contributed by atoms with Crippen molar-refractivity contribution in [3.63, 3.8) is 0 Å². The van der Waals surface area contributed by atoms with Crippen LogP contribution >= 0.6 is 0 Å². The molecule has 2 aromatic rings. The molecule has 1 heterocycles. The van der Waals surface area contributed by atoms with Gasteiger partial charge in [-0.3, -0.25) is 9.59 Å². The Morgan fingerprint density at radius 1 is 1.12 bits per heavy atom. The van der Waals surface area contributed by atoms with Gasteiger partial charge in [-0.25, -0.2) is 0 Å². The number of Topliss-reactive ketones (excluding diaryl/α,β-unsaturated/α-hetero) is 1. The Morgan fingerprint density at radius 3 is 2.60 bits per heavy atom. The van der Waals surface area contributed by atoms with E-state index in [-0.39, 0.29) is 24.5 Å². The Hall–Kier alpha value is -2.43. The maximum Gasteiger partial charge on any atom is 0.220 e. The van der Waals surface area contributed by atoms with E-state index < -0.39 is 0 Å². The molecule has 0 fully saturated rings. The fourth-order valence-corrected chi connectivity index (χ4v) is 3.31. The fraction of sp³-hybridized carbons (Fsp3) is 0.450. The molecule has 1 amide bonds. The summed E-state index contributed by atoms with van der Waals surface area (Å²) in [5, 5.41) is 6.70. The lowest BCUT2D eigenvalue weighted by atomic mass is 9.89. The van der Waals surface area contributed by atoms with Crippen molar-refractivity contribution < 1.29 is 14.1 Å². The van der Waals surface area contributed by atoms with Gasteiger partial charge in [0.2, 0.25) is 5.91 Å². The Kier molecular flexibility index (Phi) is 5.31. The highest BCUT2D eigenvalue weighted by Crippen LogP contribution is 2.23. The molecule has 1 N–H and O–H groups in total. The predicted molar refractivity (Wildman–Crippen MR) is 94.5 cm³/mol. The molecule has 0 unspecified atom stereocenters. The molecular weight excluding hydrogens is 316 g/mol. The quantitative estimate of drug-likeness (QED) is 0.818. The molecule has 0 atom stereocenters. The van der Waals surface area contributed by atoms with Crippen LogP contribution < -0.4 is 5.32 Å². The second-order valence-electron chi connectivity index (χ2n) is 6.69. The second-order valence-corrected chi connectivity index (χ2v) is 6.69. The van der Waals surface area contributed by atoms with Crippen molar-refractivity contribution in [2.75, 3.05) is 0 Å². The van der Waals surface area contributed by atoms with Gasteiger partial charge >= 0.3 is 0 Å². The van der Waals surface area contributed by atoms with Crippen LogP contribution in [0.2, 0.25) is 0 Å². The summed E-state index contributed by atoms with van der Waals surface area (Å²) in [6, 6.07) is 5.98. The van der Waals surface area contributed by atoms with Gasteiger partial charge in [0.15, 0.2) is 5.78 Å². The minimum absolute atomic E-state index is 0.0286. The normalized spacial score (nSPS) is 13.4. The van der Waals surface area contributed by atoms with Gasteiger partial charge in [-0.05, 0) is 56.7 Å². The van der Waals surface area contributed by atoms with Gasteiger partial charge in [-0.15, -0.1) is 0 Å². The lowest BCUT2D eigenvalue weighted by molar-refractivity contribution is -0.121. The SMILES string of the molecule is Cc1noc(C)c1CNC(=O)CCC(=O)c1ccc2c(c1)CCCC2. The number of amides is 1. The molecule has 0 aliphatic heterocycles. The number of carbonyl (C=O) groups excluding carboxylic acids is 2. The third kappa shape index (κ3) is 4.16. The second kappa shape index (κ2) is 7.64. The molecule has 5 nitrogen and oxygen atoms in total. The zero-order valence-corrected chi connectivity index (χ0v) is 14.9. The monoisotopic (exact) mass is 340 g/mol. The Bertz CT molecular complexity index is 773. The number of carbonyl (C=O) groups is 2. The van der Waals surface area contributed by atoms with Gasteiger partial charge in [0.05, 0.1) is 5.69 Å². The minimum atomic E-state index is -0.133. The summed E-state index contributed by atoms with van der Waals surface area (Å²) in [6.45, 7) is 4.05. The van der Waals surface area contributed by atoms with Crippen molar-refractivity contribution in [1.29, 1.82) is 0 Å². The number of nitrogens with one attached hydrogen (secondary N) is 1. The molecule has 3 rings (SSSR count). The van der Waals surface area contributed by atoms with E-state index in [1.165, 1.54) is 24.0 Å². The largest absolute Gasteiger partial charge is 0.361 e. The molecule has 25 heavy (non-hydrogen) atoms. The van der Waals surface area contributed by atoms with Gasteiger partial charge in [0.1, 0.15) is 5.76 Å². The first-order chi connectivity index (χ1) is 12.0. The molecular formula is C20H24N2O3. The molecule has 0 saturated heterocycles. The Labute approximate surface area is 147 Å². The summed E-state index contributed by atoms with van der Waals surface area (Å²) >= 11 is 0. The van der Waals surface area contributed by atoms with E-state index in [0.717, 1.165) is 29.7 Å². The molecule has 0 radical (unpaired) electrons. The summed E-state index contributed by atoms with van der Waals surface area (Å²) in [7, 11) is 0. The maximum absolute atomic E-state index is 12.4. The zero-order chi connectivity index (χ0) is 17.8. The van der Waals surface area contributed by atoms with E-state index in [1.807, 2.05) is 26.0 Å². The molecule has 132 valence electrons. The summed E-state index contributed by atoms with van der Waals surface area (Å²) < 4.78 is 5.07. The van der Waals surface area contributed by atoms with Crippen LogP contribution in [0.5, 0.6) is 0 Å². The smallest absolute Gasteiger partial charge is 0.220 e. The fourth-order valence-electron chi connectivity index (χ4n) is 3.31. The van der Waals surface area contributed by atoms with E-state index in [2.05, 4.69) is 16.5 Å². The maximum atomic E-state index is 12.4. The van der Waals surface area contributed by atoms with Crippen LogP contribution in [-0.4, -0.2) is 16.8 Å². The number of aromatic nitrogens is 1. The van der Waals surface area contributed by atoms with E-state index in [4.69, 9.17) is 4.52 Å². The minimum Gasteiger partial charge on any atom is -0.361 e. The molecule has 5 heteroatoms. The topological polar surface area (TPSA) is 72.2 Å². The van der Waals surface area contributed by atoms with Gasteiger partial charge in [-0.2, -0.15) is 0 Å². The number of nitrogens with zero attached hydrogens (tertiary/aromatic N) is 1. The molecule has 0 saturated carbocycles. The zero-order valence-electron chi connectivity index (χ0n) is 14.9. The molecule has 1 aliphatic rings. The van der Waals surface area contributed by atoms with Crippen molar-refractivity contribution in [2.45, 2.75) is 58.9 Å².